The van der Waals surface area contributed by atoms with Gasteiger partial charge in [0.05, 0.1) is 16.1 Å². The first-order valence-corrected chi connectivity index (χ1v) is 6.03. The van der Waals surface area contributed by atoms with E-state index in [-0.39, 0.29) is 5.69 Å². The highest BCUT2D eigenvalue weighted by atomic mass is 16.6. The Kier molecular flexibility index (Phi) is 4.37. The van der Waals surface area contributed by atoms with Crippen LogP contribution in [-0.2, 0) is 4.65 Å². The first kappa shape index (κ1) is 15.7. The molecule has 0 unspecified atom stereocenters. The van der Waals surface area contributed by atoms with Crippen molar-refractivity contribution in [2.75, 3.05) is 0 Å². The SMILES string of the molecule is Cc1ccc([B]OC(C)(C)C(C)(C)O)c([N+](=O)[O-])c1. The van der Waals surface area contributed by atoms with Crippen molar-refractivity contribution in [3.05, 3.63) is 33.9 Å². The zero-order chi connectivity index (χ0) is 14.8. The summed E-state index contributed by atoms with van der Waals surface area (Å²) in [4.78, 5) is 10.5. The number of benzene rings is 1. The topological polar surface area (TPSA) is 72.6 Å². The van der Waals surface area contributed by atoms with Crippen LogP contribution < -0.4 is 5.46 Å². The van der Waals surface area contributed by atoms with E-state index in [2.05, 4.69) is 0 Å². The number of nitro benzene ring substituents is 1. The molecular formula is C13H19BNO4. The fourth-order valence-corrected chi connectivity index (χ4v) is 1.27. The van der Waals surface area contributed by atoms with E-state index in [1.165, 1.54) is 13.5 Å². The minimum Gasteiger partial charge on any atom is -0.426 e. The van der Waals surface area contributed by atoms with E-state index in [1.54, 1.807) is 46.8 Å². The van der Waals surface area contributed by atoms with Gasteiger partial charge >= 0.3 is 7.48 Å². The predicted octanol–water partition coefficient (Wildman–Crippen LogP) is 1.71. The van der Waals surface area contributed by atoms with Gasteiger partial charge in [-0.2, -0.15) is 0 Å². The Morgan fingerprint density at radius 2 is 1.89 bits per heavy atom. The highest BCUT2D eigenvalue weighted by molar-refractivity contribution is 6.49. The van der Waals surface area contributed by atoms with E-state index in [4.69, 9.17) is 4.65 Å². The number of hydrogen-bond donors (Lipinski definition) is 1. The van der Waals surface area contributed by atoms with Crippen molar-refractivity contribution in [2.45, 2.75) is 45.8 Å². The second kappa shape index (κ2) is 5.31. The number of nitrogens with zero attached hydrogens (tertiary/aromatic N) is 1. The minimum absolute atomic E-state index is 0.00783. The summed E-state index contributed by atoms with van der Waals surface area (Å²) in [5.41, 5.74) is -0.737. The summed E-state index contributed by atoms with van der Waals surface area (Å²) in [7, 11) is 1.33. The zero-order valence-corrected chi connectivity index (χ0v) is 11.9. The van der Waals surface area contributed by atoms with E-state index in [1.807, 2.05) is 0 Å². The minimum atomic E-state index is -1.07. The van der Waals surface area contributed by atoms with Gasteiger partial charge in [-0.15, -0.1) is 0 Å². The van der Waals surface area contributed by atoms with Gasteiger partial charge in [0.25, 0.3) is 5.69 Å². The lowest BCUT2D eigenvalue weighted by Gasteiger charge is -2.37. The monoisotopic (exact) mass is 264 g/mol. The van der Waals surface area contributed by atoms with Gasteiger partial charge in [-0.1, -0.05) is 12.1 Å². The average Bonchev–Trinajstić information content (AvgIpc) is 2.25. The molecule has 5 nitrogen and oxygen atoms in total. The lowest BCUT2D eigenvalue weighted by atomic mass is 9.81. The number of aliphatic hydroxyl groups is 1. The van der Waals surface area contributed by atoms with Crippen molar-refractivity contribution >= 4 is 18.6 Å². The normalized spacial score (nSPS) is 12.3. The lowest BCUT2D eigenvalue weighted by Crippen LogP contribution is -2.49. The van der Waals surface area contributed by atoms with Gasteiger partial charge in [0.1, 0.15) is 0 Å². The molecule has 0 bridgehead atoms. The number of rotatable bonds is 5. The van der Waals surface area contributed by atoms with Crippen molar-refractivity contribution in [3.8, 4) is 0 Å². The second-order valence-corrected chi connectivity index (χ2v) is 5.62. The summed E-state index contributed by atoms with van der Waals surface area (Å²) < 4.78 is 5.53. The Labute approximate surface area is 114 Å². The summed E-state index contributed by atoms with van der Waals surface area (Å²) in [6.07, 6.45) is 0. The third-order valence-corrected chi connectivity index (χ3v) is 3.34. The Balaban J connectivity index is 2.93. The number of hydrogen-bond acceptors (Lipinski definition) is 4. The zero-order valence-electron chi connectivity index (χ0n) is 11.9. The molecule has 0 saturated carbocycles. The highest BCUT2D eigenvalue weighted by Gasteiger charge is 2.36. The van der Waals surface area contributed by atoms with Gasteiger partial charge in [0.15, 0.2) is 0 Å². The molecule has 0 fully saturated rings. The summed E-state index contributed by atoms with van der Waals surface area (Å²) in [5, 5.41) is 20.9. The van der Waals surface area contributed by atoms with E-state index < -0.39 is 16.1 Å². The van der Waals surface area contributed by atoms with Crippen molar-refractivity contribution < 1.29 is 14.7 Å². The van der Waals surface area contributed by atoms with Crippen molar-refractivity contribution in [3.63, 3.8) is 0 Å². The summed E-state index contributed by atoms with van der Waals surface area (Å²) in [6, 6.07) is 4.90. The molecule has 1 rings (SSSR count). The van der Waals surface area contributed by atoms with Gasteiger partial charge in [0, 0.05) is 11.5 Å². The molecule has 0 atom stereocenters. The van der Waals surface area contributed by atoms with Crippen LogP contribution in [0.1, 0.15) is 33.3 Å². The van der Waals surface area contributed by atoms with E-state index in [0.717, 1.165) is 5.56 Å². The molecule has 0 aromatic heterocycles. The summed E-state index contributed by atoms with van der Waals surface area (Å²) in [6.45, 7) is 8.50. The van der Waals surface area contributed by atoms with Crippen LogP contribution in [0.5, 0.6) is 0 Å². The molecule has 0 aliphatic heterocycles. The van der Waals surface area contributed by atoms with Crippen LogP contribution in [0, 0.1) is 17.0 Å². The Bertz CT molecular complexity index is 480. The van der Waals surface area contributed by atoms with Crippen LogP contribution in [0.15, 0.2) is 18.2 Å². The molecule has 0 aliphatic carbocycles. The third kappa shape index (κ3) is 3.78. The fourth-order valence-electron chi connectivity index (χ4n) is 1.27. The van der Waals surface area contributed by atoms with Gasteiger partial charge in [0.2, 0.25) is 0 Å². The van der Waals surface area contributed by atoms with Gasteiger partial charge in [-0.25, -0.2) is 0 Å². The molecule has 0 spiro atoms. The molecule has 0 heterocycles. The molecule has 1 N–H and O–H groups in total. The van der Waals surface area contributed by atoms with E-state index in [9.17, 15) is 15.2 Å². The van der Waals surface area contributed by atoms with Gasteiger partial charge < -0.3 is 9.76 Å². The predicted molar refractivity (Wildman–Crippen MR) is 74.7 cm³/mol. The van der Waals surface area contributed by atoms with Crippen LogP contribution in [-0.4, -0.2) is 28.7 Å². The maximum Gasteiger partial charge on any atom is 0.338 e. The first-order valence-electron chi connectivity index (χ1n) is 6.03. The maximum atomic E-state index is 11.0. The van der Waals surface area contributed by atoms with Crippen molar-refractivity contribution in [1.82, 2.24) is 0 Å². The second-order valence-electron chi connectivity index (χ2n) is 5.62. The molecule has 0 amide bonds. The summed E-state index contributed by atoms with van der Waals surface area (Å²) >= 11 is 0. The molecule has 19 heavy (non-hydrogen) atoms. The largest absolute Gasteiger partial charge is 0.426 e. The van der Waals surface area contributed by atoms with Crippen LogP contribution in [0.4, 0.5) is 5.69 Å². The molecule has 103 valence electrons. The maximum absolute atomic E-state index is 11.0. The first-order chi connectivity index (χ1) is 8.54. The van der Waals surface area contributed by atoms with E-state index >= 15 is 0 Å². The third-order valence-electron chi connectivity index (χ3n) is 3.34. The quantitative estimate of drug-likeness (QED) is 0.499. The van der Waals surface area contributed by atoms with Crippen LogP contribution in [0.3, 0.4) is 0 Å². The molecule has 0 aliphatic rings. The van der Waals surface area contributed by atoms with Gasteiger partial charge in [-0.05, 0) is 40.2 Å². The molecule has 1 aromatic rings. The Hall–Kier alpha value is -1.40. The smallest absolute Gasteiger partial charge is 0.338 e. The van der Waals surface area contributed by atoms with Crippen LogP contribution >= 0.6 is 0 Å². The summed E-state index contributed by atoms with van der Waals surface area (Å²) in [5.74, 6) is 0. The standard InChI is InChI=1S/C13H19BNO4/c1-9-6-7-10(11(8-9)15(17)18)14-19-13(4,5)12(2,3)16/h6-8,16H,1-5H3. The molecule has 0 saturated heterocycles. The molecular weight excluding hydrogens is 245 g/mol. The molecule has 1 aromatic carbocycles. The van der Waals surface area contributed by atoms with Crippen molar-refractivity contribution in [2.24, 2.45) is 0 Å². The van der Waals surface area contributed by atoms with Crippen LogP contribution in [0.25, 0.3) is 0 Å². The number of aryl methyl sites for hydroxylation is 1. The fraction of sp³-hybridized carbons (Fsp3) is 0.538. The molecule has 1 radical (unpaired) electrons. The number of nitro groups is 1. The Morgan fingerprint density at radius 3 is 2.37 bits per heavy atom. The lowest BCUT2D eigenvalue weighted by molar-refractivity contribution is -0.383. The average molecular weight is 264 g/mol. The van der Waals surface area contributed by atoms with E-state index in [0.29, 0.717) is 5.46 Å². The van der Waals surface area contributed by atoms with Crippen molar-refractivity contribution in [1.29, 1.82) is 0 Å². The van der Waals surface area contributed by atoms with Crippen LogP contribution in [0.2, 0.25) is 0 Å². The Morgan fingerprint density at radius 1 is 1.32 bits per heavy atom. The van der Waals surface area contributed by atoms with Gasteiger partial charge in [-0.3, -0.25) is 10.1 Å². The highest BCUT2D eigenvalue weighted by Crippen LogP contribution is 2.24. The molecule has 6 heteroatoms.